The molecule has 0 saturated carbocycles. The molecule has 0 unspecified atom stereocenters. The van der Waals surface area contributed by atoms with Crippen LogP contribution in [0.4, 0.5) is 16.2 Å². The first-order valence-electron chi connectivity index (χ1n) is 11.4. The van der Waals surface area contributed by atoms with E-state index in [-0.39, 0.29) is 18.1 Å². The lowest BCUT2D eigenvalue weighted by molar-refractivity contribution is -0.122. The van der Waals surface area contributed by atoms with Crippen molar-refractivity contribution in [2.24, 2.45) is 0 Å². The van der Waals surface area contributed by atoms with Gasteiger partial charge in [0.25, 0.3) is 17.7 Å². The number of carbonyl (C=O) groups is 4. The topological polar surface area (TPSA) is 114 Å². The molecule has 188 valence electrons. The van der Waals surface area contributed by atoms with Crippen LogP contribution in [0.1, 0.15) is 16.7 Å². The molecule has 0 aliphatic carbocycles. The Hall–Kier alpha value is -4.92. The fraction of sp³-hybridized carbons (Fsp3) is 0.143. The average Bonchev–Trinajstić information content (AvgIpc) is 2.88. The van der Waals surface area contributed by atoms with Gasteiger partial charge in [0.05, 0.1) is 12.8 Å². The summed E-state index contributed by atoms with van der Waals surface area (Å²) >= 11 is 0. The zero-order chi connectivity index (χ0) is 26.5. The number of aryl methyl sites for hydroxylation is 1. The Morgan fingerprint density at radius 3 is 2.46 bits per heavy atom. The van der Waals surface area contributed by atoms with Gasteiger partial charge in [-0.1, -0.05) is 36.4 Å². The summed E-state index contributed by atoms with van der Waals surface area (Å²) in [5, 5.41) is 5.01. The molecule has 37 heavy (non-hydrogen) atoms. The van der Waals surface area contributed by atoms with Crippen molar-refractivity contribution in [3.05, 3.63) is 89.0 Å². The van der Waals surface area contributed by atoms with Crippen LogP contribution in [0.2, 0.25) is 0 Å². The van der Waals surface area contributed by atoms with E-state index in [1.54, 1.807) is 48.5 Å². The highest BCUT2D eigenvalue weighted by molar-refractivity contribution is 6.39. The fourth-order valence-electron chi connectivity index (χ4n) is 3.74. The standard InChI is InChI=1S/C28H25N3O6/c1-17-8-7-11-22(18(17)2)29-25(32)16-37-23-13-12-19(15-24(23)36-3)14-21-26(33)30-28(35)31(27(21)34)20-9-5-4-6-10-20/h4-15H,16H2,1-3H3,(H,29,32)(H,30,33,35)/b21-14-. The predicted molar refractivity (Wildman–Crippen MR) is 138 cm³/mol. The Morgan fingerprint density at radius 1 is 0.973 bits per heavy atom. The minimum Gasteiger partial charge on any atom is -0.493 e. The number of rotatable bonds is 7. The number of ether oxygens (including phenoxy) is 2. The number of imide groups is 2. The summed E-state index contributed by atoms with van der Waals surface area (Å²) in [4.78, 5) is 51.1. The van der Waals surface area contributed by atoms with Crippen LogP contribution in [0.3, 0.4) is 0 Å². The zero-order valence-electron chi connectivity index (χ0n) is 20.5. The van der Waals surface area contributed by atoms with Crippen molar-refractivity contribution in [3.63, 3.8) is 0 Å². The van der Waals surface area contributed by atoms with Gasteiger partial charge < -0.3 is 14.8 Å². The van der Waals surface area contributed by atoms with Crippen LogP contribution in [0.15, 0.2) is 72.3 Å². The highest BCUT2D eigenvalue weighted by Crippen LogP contribution is 2.30. The van der Waals surface area contributed by atoms with Gasteiger partial charge in [-0.05, 0) is 66.9 Å². The monoisotopic (exact) mass is 499 g/mol. The van der Waals surface area contributed by atoms with Crippen molar-refractivity contribution in [3.8, 4) is 11.5 Å². The lowest BCUT2D eigenvalue weighted by Crippen LogP contribution is -2.54. The normalized spacial score (nSPS) is 14.4. The molecule has 3 aromatic carbocycles. The molecule has 0 radical (unpaired) electrons. The number of carbonyl (C=O) groups excluding carboxylic acids is 4. The number of methoxy groups -OCH3 is 1. The largest absolute Gasteiger partial charge is 0.493 e. The van der Waals surface area contributed by atoms with E-state index in [2.05, 4.69) is 10.6 Å². The Balaban J connectivity index is 1.50. The molecule has 1 aliphatic heterocycles. The summed E-state index contributed by atoms with van der Waals surface area (Å²) in [6, 6.07) is 17.9. The average molecular weight is 500 g/mol. The lowest BCUT2D eigenvalue weighted by atomic mass is 10.1. The number of para-hydroxylation sites is 1. The molecule has 1 aliphatic rings. The molecule has 0 spiro atoms. The van der Waals surface area contributed by atoms with Crippen molar-refractivity contribution in [2.75, 3.05) is 23.9 Å². The molecular weight excluding hydrogens is 474 g/mol. The number of hydrogen-bond acceptors (Lipinski definition) is 6. The first-order chi connectivity index (χ1) is 17.8. The maximum absolute atomic E-state index is 13.0. The van der Waals surface area contributed by atoms with Gasteiger partial charge in [0, 0.05) is 5.69 Å². The van der Waals surface area contributed by atoms with Crippen LogP contribution in [-0.4, -0.2) is 37.5 Å². The molecule has 0 atom stereocenters. The Kier molecular flexibility index (Phi) is 7.34. The zero-order valence-corrected chi connectivity index (χ0v) is 20.5. The highest BCUT2D eigenvalue weighted by Gasteiger charge is 2.36. The molecule has 4 rings (SSSR count). The van der Waals surface area contributed by atoms with Crippen LogP contribution in [0.5, 0.6) is 11.5 Å². The quantitative estimate of drug-likeness (QED) is 0.375. The number of nitrogens with zero attached hydrogens (tertiary/aromatic N) is 1. The fourth-order valence-corrected chi connectivity index (χ4v) is 3.74. The van der Waals surface area contributed by atoms with Crippen LogP contribution in [0.25, 0.3) is 6.08 Å². The van der Waals surface area contributed by atoms with E-state index in [4.69, 9.17) is 9.47 Å². The summed E-state index contributed by atoms with van der Waals surface area (Å²) in [5.74, 6) is -1.28. The smallest absolute Gasteiger partial charge is 0.335 e. The molecular formula is C28H25N3O6. The molecule has 1 fully saturated rings. The van der Waals surface area contributed by atoms with E-state index in [0.29, 0.717) is 28.4 Å². The summed E-state index contributed by atoms with van der Waals surface area (Å²) in [6.07, 6.45) is 1.36. The van der Waals surface area contributed by atoms with E-state index in [0.717, 1.165) is 16.0 Å². The number of amides is 5. The highest BCUT2D eigenvalue weighted by atomic mass is 16.5. The molecule has 9 heteroatoms. The van der Waals surface area contributed by atoms with Gasteiger partial charge in [0.1, 0.15) is 5.57 Å². The first kappa shape index (κ1) is 25.2. The molecule has 1 saturated heterocycles. The molecule has 2 N–H and O–H groups in total. The summed E-state index contributed by atoms with van der Waals surface area (Å²) in [5.41, 5.74) is 3.33. The second kappa shape index (κ2) is 10.8. The maximum Gasteiger partial charge on any atom is 0.335 e. The third-order valence-corrected chi connectivity index (χ3v) is 5.85. The van der Waals surface area contributed by atoms with E-state index >= 15 is 0 Å². The molecule has 0 aromatic heterocycles. The Labute approximate surface area is 213 Å². The predicted octanol–water partition coefficient (Wildman–Crippen LogP) is 4.00. The van der Waals surface area contributed by atoms with Crippen LogP contribution in [0, 0.1) is 13.8 Å². The minimum atomic E-state index is -0.821. The van der Waals surface area contributed by atoms with E-state index in [9.17, 15) is 19.2 Å². The number of anilines is 2. The molecule has 0 bridgehead atoms. The van der Waals surface area contributed by atoms with Crippen molar-refractivity contribution < 1.29 is 28.7 Å². The lowest BCUT2D eigenvalue weighted by Gasteiger charge is -2.26. The number of nitrogens with one attached hydrogen (secondary N) is 2. The molecule has 9 nitrogen and oxygen atoms in total. The summed E-state index contributed by atoms with van der Waals surface area (Å²) in [7, 11) is 1.43. The van der Waals surface area contributed by atoms with E-state index in [1.165, 1.54) is 13.2 Å². The third kappa shape index (κ3) is 5.51. The number of benzene rings is 3. The van der Waals surface area contributed by atoms with Gasteiger partial charge in [-0.25, -0.2) is 9.69 Å². The summed E-state index contributed by atoms with van der Waals surface area (Å²) < 4.78 is 11.0. The first-order valence-corrected chi connectivity index (χ1v) is 11.4. The van der Waals surface area contributed by atoms with E-state index < -0.39 is 17.8 Å². The van der Waals surface area contributed by atoms with Gasteiger partial charge in [-0.3, -0.25) is 19.7 Å². The Morgan fingerprint density at radius 2 is 1.73 bits per heavy atom. The second-order valence-corrected chi connectivity index (χ2v) is 8.29. The minimum absolute atomic E-state index is 0.216. The van der Waals surface area contributed by atoms with E-state index in [1.807, 2.05) is 32.0 Å². The van der Waals surface area contributed by atoms with Gasteiger partial charge in [0.2, 0.25) is 0 Å². The number of hydrogen-bond donors (Lipinski definition) is 2. The van der Waals surface area contributed by atoms with Crippen molar-refractivity contribution in [2.45, 2.75) is 13.8 Å². The van der Waals surface area contributed by atoms with Gasteiger partial charge in [-0.2, -0.15) is 0 Å². The van der Waals surface area contributed by atoms with Gasteiger partial charge in [0.15, 0.2) is 18.1 Å². The van der Waals surface area contributed by atoms with Gasteiger partial charge in [-0.15, -0.1) is 0 Å². The van der Waals surface area contributed by atoms with Crippen molar-refractivity contribution >= 4 is 41.2 Å². The maximum atomic E-state index is 13.0. The van der Waals surface area contributed by atoms with Crippen molar-refractivity contribution in [1.29, 1.82) is 0 Å². The van der Waals surface area contributed by atoms with Crippen LogP contribution < -0.4 is 25.0 Å². The van der Waals surface area contributed by atoms with Crippen LogP contribution >= 0.6 is 0 Å². The molecule has 1 heterocycles. The number of urea groups is 1. The van der Waals surface area contributed by atoms with Crippen molar-refractivity contribution in [1.82, 2.24) is 5.32 Å². The summed E-state index contributed by atoms with van der Waals surface area (Å²) in [6.45, 7) is 3.64. The molecule has 3 aromatic rings. The van der Waals surface area contributed by atoms with Crippen LogP contribution in [-0.2, 0) is 14.4 Å². The second-order valence-electron chi connectivity index (χ2n) is 8.29. The van der Waals surface area contributed by atoms with Gasteiger partial charge >= 0.3 is 6.03 Å². The molecule has 5 amide bonds. The SMILES string of the molecule is COc1cc(/C=C2/C(=O)NC(=O)N(c3ccccc3)C2=O)ccc1OCC(=O)Nc1cccc(C)c1C. The Bertz CT molecular complexity index is 1410. The third-order valence-electron chi connectivity index (χ3n) is 5.85. The number of barbiturate groups is 1.